The Morgan fingerprint density at radius 2 is 1.89 bits per heavy atom. The molecule has 11 heteroatoms. The van der Waals surface area contributed by atoms with Crippen LogP contribution in [0, 0.1) is 11.8 Å². The Bertz CT molecular complexity index is 881. The summed E-state index contributed by atoms with van der Waals surface area (Å²) in [6, 6.07) is -2.15. The number of amides is 4. The van der Waals surface area contributed by atoms with Gasteiger partial charge >= 0.3 is 12.1 Å². The third-order valence-electron chi connectivity index (χ3n) is 6.08. The molecule has 4 amide bonds. The van der Waals surface area contributed by atoms with Gasteiger partial charge in [0.2, 0.25) is 17.7 Å². The Labute approximate surface area is 219 Å². The Morgan fingerprint density at radius 1 is 1.19 bits per heavy atom. The van der Waals surface area contributed by atoms with Crippen LogP contribution < -0.4 is 16.0 Å². The summed E-state index contributed by atoms with van der Waals surface area (Å²) in [7, 11) is 0. The summed E-state index contributed by atoms with van der Waals surface area (Å²) in [5, 5.41) is 8.32. The summed E-state index contributed by atoms with van der Waals surface area (Å²) in [4.78, 5) is 64.4. The first-order valence-electron chi connectivity index (χ1n) is 13.0. The van der Waals surface area contributed by atoms with Gasteiger partial charge in [0.1, 0.15) is 17.7 Å². The topological polar surface area (TPSA) is 143 Å². The molecule has 0 radical (unpaired) electrons. The van der Waals surface area contributed by atoms with Gasteiger partial charge in [-0.15, -0.1) is 0 Å². The molecule has 0 aliphatic carbocycles. The number of esters is 1. The van der Waals surface area contributed by atoms with E-state index in [1.165, 1.54) is 17.1 Å². The van der Waals surface area contributed by atoms with Crippen LogP contribution in [0.2, 0.25) is 0 Å². The molecular formula is C26H42N4O7. The van der Waals surface area contributed by atoms with Crippen molar-refractivity contribution < 1.29 is 33.4 Å². The molecule has 3 N–H and O–H groups in total. The smallest absolute Gasteiger partial charge is 0.408 e. The Balaban J connectivity index is 2.15. The SMILES string of the molecule is CCOC(=O)C=C[C@H](C[C@@H]1CCNC1=O)NC(=O)[C@H](CC(C)C)N1CCC(NC(=O)OC(C)(C)C)C1=O. The summed E-state index contributed by atoms with van der Waals surface area (Å²) in [5.41, 5.74) is -0.701. The molecule has 208 valence electrons. The highest BCUT2D eigenvalue weighted by Gasteiger charge is 2.41. The highest BCUT2D eigenvalue weighted by molar-refractivity contribution is 5.93. The van der Waals surface area contributed by atoms with E-state index in [1.807, 2.05) is 13.8 Å². The summed E-state index contributed by atoms with van der Waals surface area (Å²) in [5.74, 6) is -1.54. The second-order valence-corrected chi connectivity index (χ2v) is 10.9. The summed E-state index contributed by atoms with van der Waals surface area (Å²) in [6.45, 7) is 11.9. The fraction of sp³-hybridized carbons (Fsp3) is 0.731. The van der Waals surface area contributed by atoms with Crippen LogP contribution in [0.5, 0.6) is 0 Å². The van der Waals surface area contributed by atoms with Crippen molar-refractivity contribution in [2.75, 3.05) is 19.7 Å². The number of alkyl carbamates (subject to hydrolysis) is 1. The van der Waals surface area contributed by atoms with E-state index in [0.29, 0.717) is 38.8 Å². The minimum absolute atomic E-state index is 0.0895. The highest BCUT2D eigenvalue weighted by Crippen LogP contribution is 2.22. The number of ether oxygens (including phenoxy) is 2. The van der Waals surface area contributed by atoms with Crippen LogP contribution in [-0.4, -0.2) is 78.1 Å². The molecule has 2 saturated heterocycles. The molecule has 1 unspecified atom stereocenters. The molecule has 11 nitrogen and oxygen atoms in total. The molecule has 0 bridgehead atoms. The summed E-state index contributed by atoms with van der Waals surface area (Å²) in [6.07, 6.45) is 3.82. The highest BCUT2D eigenvalue weighted by atomic mass is 16.6. The Kier molecular flexibility index (Phi) is 10.9. The number of hydrogen-bond donors (Lipinski definition) is 3. The van der Waals surface area contributed by atoms with E-state index >= 15 is 0 Å². The quantitative estimate of drug-likeness (QED) is 0.277. The molecule has 0 saturated carbocycles. The van der Waals surface area contributed by atoms with Gasteiger partial charge < -0.3 is 30.3 Å². The molecule has 37 heavy (non-hydrogen) atoms. The average Bonchev–Trinajstić information content (AvgIpc) is 3.34. The van der Waals surface area contributed by atoms with Crippen molar-refractivity contribution in [3.05, 3.63) is 12.2 Å². The zero-order chi connectivity index (χ0) is 27.8. The normalized spacial score (nSPS) is 21.6. The van der Waals surface area contributed by atoms with E-state index in [0.717, 1.165) is 0 Å². The van der Waals surface area contributed by atoms with Gasteiger partial charge in [0.25, 0.3) is 0 Å². The van der Waals surface area contributed by atoms with E-state index < -0.39 is 35.8 Å². The number of carbonyl (C=O) groups excluding carboxylic acids is 5. The predicted octanol–water partition coefficient (Wildman–Crippen LogP) is 1.66. The Hall–Kier alpha value is -3.11. The lowest BCUT2D eigenvalue weighted by Crippen LogP contribution is -2.53. The van der Waals surface area contributed by atoms with Gasteiger partial charge in [-0.3, -0.25) is 14.4 Å². The van der Waals surface area contributed by atoms with Crippen molar-refractivity contribution in [3.8, 4) is 0 Å². The van der Waals surface area contributed by atoms with Crippen LogP contribution in [0.3, 0.4) is 0 Å². The molecule has 2 aliphatic rings. The summed E-state index contributed by atoms with van der Waals surface area (Å²) >= 11 is 0. The van der Waals surface area contributed by atoms with Crippen molar-refractivity contribution in [3.63, 3.8) is 0 Å². The van der Waals surface area contributed by atoms with E-state index in [-0.39, 0.29) is 36.2 Å². The van der Waals surface area contributed by atoms with Crippen molar-refractivity contribution >= 4 is 29.8 Å². The van der Waals surface area contributed by atoms with Gasteiger partial charge in [-0.2, -0.15) is 0 Å². The number of hydrogen-bond acceptors (Lipinski definition) is 7. The lowest BCUT2D eigenvalue weighted by atomic mass is 9.96. The first-order valence-corrected chi connectivity index (χ1v) is 13.0. The minimum Gasteiger partial charge on any atom is -0.463 e. The first-order chi connectivity index (χ1) is 17.3. The van der Waals surface area contributed by atoms with Gasteiger partial charge in [0.05, 0.1) is 6.61 Å². The lowest BCUT2D eigenvalue weighted by Gasteiger charge is -2.30. The van der Waals surface area contributed by atoms with Gasteiger partial charge in [0, 0.05) is 31.1 Å². The first kappa shape index (κ1) is 30.1. The molecule has 0 spiro atoms. The maximum atomic E-state index is 13.5. The second kappa shape index (κ2) is 13.4. The lowest BCUT2D eigenvalue weighted by molar-refractivity contribution is -0.139. The minimum atomic E-state index is -0.779. The third-order valence-corrected chi connectivity index (χ3v) is 6.08. The molecule has 0 aromatic heterocycles. The monoisotopic (exact) mass is 522 g/mol. The zero-order valence-electron chi connectivity index (χ0n) is 22.8. The molecule has 2 heterocycles. The molecule has 0 aromatic carbocycles. The maximum absolute atomic E-state index is 13.5. The number of rotatable bonds is 11. The molecule has 4 atom stereocenters. The molecule has 2 aliphatic heterocycles. The van der Waals surface area contributed by atoms with Crippen LogP contribution >= 0.6 is 0 Å². The van der Waals surface area contributed by atoms with Crippen LogP contribution in [0.1, 0.15) is 67.2 Å². The fourth-order valence-electron chi connectivity index (χ4n) is 4.44. The number of nitrogens with one attached hydrogen (secondary N) is 3. The van der Waals surface area contributed by atoms with Crippen LogP contribution in [-0.2, 0) is 28.7 Å². The van der Waals surface area contributed by atoms with Crippen molar-refractivity contribution in [1.29, 1.82) is 0 Å². The fourth-order valence-corrected chi connectivity index (χ4v) is 4.44. The largest absolute Gasteiger partial charge is 0.463 e. The van der Waals surface area contributed by atoms with Gasteiger partial charge in [-0.25, -0.2) is 9.59 Å². The van der Waals surface area contributed by atoms with Crippen LogP contribution in [0.25, 0.3) is 0 Å². The van der Waals surface area contributed by atoms with Crippen LogP contribution in [0.4, 0.5) is 4.79 Å². The molecule has 2 rings (SSSR count). The molecule has 0 aromatic rings. The number of carbonyl (C=O) groups is 5. The summed E-state index contributed by atoms with van der Waals surface area (Å²) < 4.78 is 10.2. The zero-order valence-corrected chi connectivity index (χ0v) is 22.8. The van der Waals surface area contributed by atoms with E-state index in [2.05, 4.69) is 16.0 Å². The maximum Gasteiger partial charge on any atom is 0.408 e. The Morgan fingerprint density at radius 3 is 2.46 bits per heavy atom. The number of likely N-dealkylation sites (tertiary alicyclic amines) is 1. The van der Waals surface area contributed by atoms with E-state index in [4.69, 9.17) is 9.47 Å². The van der Waals surface area contributed by atoms with Gasteiger partial charge in [-0.05, 0) is 59.3 Å². The molecular weight excluding hydrogens is 480 g/mol. The average molecular weight is 523 g/mol. The standard InChI is InChI=1S/C26H42N4O7/c1-7-36-21(31)9-8-18(15-17-10-12-27-22(17)32)28-23(33)20(14-16(2)3)30-13-11-19(24(30)34)29-25(35)37-26(4,5)6/h8-9,16-20H,7,10-15H2,1-6H3,(H,27,32)(H,28,33)(H,29,35)/t17-,18+,19?,20-/m0/s1. The van der Waals surface area contributed by atoms with Crippen molar-refractivity contribution in [1.82, 2.24) is 20.9 Å². The van der Waals surface area contributed by atoms with Gasteiger partial charge in [-0.1, -0.05) is 19.9 Å². The molecule has 2 fully saturated rings. The second-order valence-electron chi connectivity index (χ2n) is 10.9. The number of nitrogens with zero attached hydrogens (tertiary/aromatic N) is 1. The van der Waals surface area contributed by atoms with Crippen molar-refractivity contribution in [2.45, 2.75) is 91.0 Å². The third kappa shape index (κ3) is 9.70. The predicted molar refractivity (Wildman–Crippen MR) is 136 cm³/mol. The van der Waals surface area contributed by atoms with Gasteiger partial charge in [0.15, 0.2) is 0 Å². The van der Waals surface area contributed by atoms with E-state index in [1.54, 1.807) is 27.7 Å². The van der Waals surface area contributed by atoms with Crippen molar-refractivity contribution in [2.24, 2.45) is 11.8 Å². The van der Waals surface area contributed by atoms with Crippen LogP contribution in [0.15, 0.2) is 12.2 Å². The van der Waals surface area contributed by atoms with E-state index in [9.17, 15) is 24.0 Å².